The molecule has 4 rings (SSSR count). The molecule has 1 N–H and O–H groups in total. The molecule has 0 aliphatic carbocycles. The van der Waals surface area contributed by atoms with Crippen LogP contribution in [-0.4, -0.2) is 59.1 Å². The van der Waals surface area contributed by atoms with Crippen molar-refractivity contribution in [3.05, 3.63) is 51.5 Å². The first kappa shape index (κ1) is 27.2. The van der Waals surface area contributed by atoms with Gasteiger partial charge in [0, 0.05) is 38.0 Å². The molecule has 1 aliphatic rings. The summed E-state index contributed by atoms with van der Waals surface area (Å²) in [6.45, 7) is 7.42. The summed E-state index contributed by atoms with van der Waals surface area (Å²) in [5, 5.41) is 1.10. The van der Waals surface area contributed by atoms with Crippen LogP contribution < -0.4 is 4.90 Å². The summed E-state index contributed by atoms with van der Waals surface area (Å²) >= 11 is 7.28. The van der Waals surface area contributed by atoms with Crippen LogP contribution in [0.3, 0.4) is 0 Å². The van der Waals surface area contributed by atoms with E-state index in [4.69, 9.17) is 21.1 Å². The number of halogens is 2. The number of aromatic nitrogens is 3. The average Bonchev–Trinajstić information content (AvgIpc) is 3.47. The standard InChI is InChI=1S/C26H30ClFN4O4S/c1-4-11-36-21-14-32(10-8-16(21)12-20(33)19-13-17(27)15(3)30-19)26-31-23(22-18(28)7-6-9-29-22)24(37-26)25(34)35-5-2/h6-7,9,13,16,21,30H,4-5,8,10-12,14H2,1-3H3/t16-,21-/m0/s1. The van der Waals surface area contributed by atoms with Crippen LogP contribution >= 0.6 is 22.9 Å². The van der Waals surface area contributed by atoms with Gasteiger partial charge in [-0.1, -0.05) is 29.9 Å². The molecule has 0 bridgehead atoms. The fourth-order valence-electron chi connectivity index (χ4n) is 4.36. The molecule has 0 radical (unpaired) electrons. The van der Waals surface area contributed by atoms with E-state index in [0.717, 1.165) is 23.5 Å². The predicted molar refractivity (Wildman–Crippen MR) is 141 cm³/mol. The summed E-state index contributed by atoms with van der Waals surface area (Å²) in [6, 6.07) is 4.44. The second kappa shape index (κ2) is 12.1. The Bertz CT molecular complexity index is 1240. The van der Waals surface area contributed by atoms with Gasteiger partial charge in [-0.25, -0.2) is 14.2 Å². The Morgan fingerprint density at radius 2 is 2.14 bits per heavy atom. The number of nitrogens with one attached hydrogen (secondary N) is 1. The summed E-state index contributed by atoms with van der Waals surface area (Å²) in [6.07, 6.45) is 3.11. The Kier molecular flexibility index (Phi) is 8.94. The number of anilines is 1. The van der Waals surface area contributed by atoms with Crippen molar-refractivity contribution in [3.8, 4) is 11.4 Å². The predicted octanol–water partition coefficient (Wildman–Crippen LogP) is 5.71. The van der Waals surface area contributed by atoms with Gasteiger partial charge in [-0.15, -0.1) is 0 Å². The molecular formula is C26H30ClFN4O4S. The quantitative estimate of drug-likeness (QED) is 0.256. The van der Waals surface area contributed by atoms with E-state index in [1.165, 1.54) is 18.3 Å². The molecule has 1 saturated heterocycles. The highest BCUT2D eigenvalue weighted by molar-refractivity contribution is 7.17. The Morgan fingerprint density at radius 3 is 2.81 bits per heavy atom. The van der Waals surface area contributed by atoms with Gasteiger partial charge in [0.15, 0.2) is 16.7 Å². The lowest BCUT2D eigenvalue weighted by Gasteiger charge is -2.38. The number of Topliss-reactive ketones (excluding diaryl/α,β-unsaturated/α-hetero) is 1. The third-order valence-corrected chi connectivity index (χ3v) is 7.75. The molecule has 0 unspecified atom stereocenters. The molecule has 0 aromatic carbocycles. The number of piperidine rings is 1. The lowest BCUT2D eigenvalue weighted by atomic mass is 9.88. The third kappa shape index (κ3) is 6.19. The fraction of sp³-hybridized carbons (Fsp3) is 0.462. The lowest BCUT2D eigenvalue weighted by Crippen LogP contribution is -2.46. The highest BCUT2D eigenvalue weighted by Crippen LogP contribution is 2.37. The van der Waals surface area contributed by atoms with E-state index < -0.39 is 11.8 Å². The number of carbonyl (C=O) groups excluding carboxylic acids is 2. The molecule has 198 valence electrons. The summed E-state index contributed by atoms with van der Waals surface area (Å²) in [4.78, 5) is 39.7. The zero-order valence-corrected chi connectivity index (χ0v) is 22.6. The van der Waals surface area contributed by atoms with Gasteiger partial charge in [-0.2, -0.15) is 0 Å². The van der Waals surface area contributed by atoms with E-state index in [2.05, 4.69) is 15.0 Å². The number of H-pyrrole nitrogens is 1. The van der Waals surface area contributed by atoms with E-state index >= 15 is 0 Å². The van der Waals surface area contributed by atoms with E-state index in [1.807, 2.05) is 18.7 Å². The van der Waals surface area contributed by atoms with E-state index in [0.29, 0.717) is 48.4 Å². The summed E-state index contributed by atoms with van der Waals surface area (Å²) in [5.41, 5.74) is 1.44. The van der Waals surface area contributed by atoms with E-state index in [1.54, 1.807) is 13.0 Å². The van der Waals surface area contributed by atoms with E-state index in [-0.39, 0.29) is 40.7 Å². The number of hydrogen-bond donors (Lipinski definition) is 1. The topological polar surface area (TPSA) is 97.4 Å². The maximum atomic E-state index is 14.6. The molecule has 8 nitrogen and oxygen atoms in total. The van der Waals surface area contributed by atoms with Crippen molar-refractivity contribution in [2.75, 3.05) is 31.2 Å². The molecule has 0 spiro atoms. The van der Waals surface area contributed by atoms with Crippen molar-refractivity contribution >= 4 is 39.8 Å². The smallest absolute Gasteiger partial charge is 0.350 e. The number of hydrogen-bond acceptors (Lipinski definition) is 8. The number of pyridine rings is 1. The number of thiazole rings is 1. The summed E-state index contributed by atoms with van der Waals surface area (Å²) < 4.78 is 25.9. The molecule has 37 heavy (non-hydrogen) atoms. The van der Waals surface area contributed by atoms with Crippen LogP contribution in [0.1, 0.15) is 59.0 Å². The van der Waals surface area contributed by atoms with Crippen LogP contribution in [0.25, 0.3) is 11.4 Å². The van der Waals surface area contributed by atoms with Crippen molar-refractivity contribution in [2.24, 2.45) is 5.92 Å². The zero-order valence-electron chi connectivity index (χ0n) is 21.1. The minimum atomic E-state index is -0.564. The Balaban J connectivity index is 1.57. The average molecular weight is 549 g/mol. The second-order valence-electron chi connectivity index (χ2n) is 8.92. The Hall–Kier alpha value is -2.82. The molecule has 3 aromatic heterocycles. The van der Waals surface area contributed by atoms with Crippen LogP contribution in [0.2, 0.25) is 5.02 Å². The van der Waals surface area contributed by atoms with Gasteiger partial charge in [-0.3, -0.25) is 9.78 Å². The molecular weight excluding hydrogens is 519 g/mol. The number of esters is 1. The molecule has 2 atom stereocenters. The third-order valence-electron chi connectivity index (χ3n) is 6.26. The Morgan fingerprint density at radius 1 is 1.32 bits per heavy atom. The van der Waals surface area contributed by atoms with Gasteiger partial charge in [0.05, 0.1) is 23.4 Å². The molecule has 3 aromatic rings. The van der Waals surface area contributed by atoms with Crippen molar-refractivity contribution in [1.82, 2.24) is 15.0 Å². The second-order valence-corrected chi connectivity index (χ2v) is 10.3. The number of ether oxygens (including phenoxy) is 2. The Labute approximate surface area is 224 Å². The first-order chi connectivity index (χ1) is 17.8. The van der Waals surface area contributed by atoms with Crippen molar-refractivity contribution in [3.63, 3.8) is 0 Å². The number of aryl methyl sites for hydroxylation is 1. The highest BCUT2D eigenvalue weighted by atomic mass is 35.5. The van der Waals surface area contributed by atoms with Gasteiger partial charge in [0.1, 0.15) is 16.3 Å². The van der Waals surface area contributed by atoms with E-state index in [9.17, 15) is 14.0 Å². The van der Waals surface area contributed by atoms with Crippen LogP contribution in [0.4, 0.5) is 9.52 Å². The van der Waals surface area contributed by atoms with Crippen LogP contribution in [-0.2, 0) is 9.47 Å². The number of carbonyl (C=O) groups is 2. The summed E-state index contributed by atoms with van der Waals surface area (Å²) in [5.74, 6) is -1.13. The molecule has 0 amide bonds. The summed E-state index contributed by atoms with van der Waals surface area (Å²) in [7, 11) is 0. The van der Waals surface area contributed by atoms with Gasteiger partial charge in [0.25, 0.3) is 0 Å². The lowest BCUT2D eigenvalue weighted by molar-refractivity contribution is 0.00383. The normalized spacial score (nSPS) is 17.7. The number of rotatable bonds is 10. The highest BCUT2D eigenvalue weighted by Gasteiger charge is 2.34. The monoisotopic (exact) mass is 548 g/mol. The molecule has 0 saturated carbocycles. The SMILES string of the molecule is CCCO[C@H]1CN(c2nc(-c3ncccc3F)c(C(=O)OCC)s2)CC[C@H]1CC(=O)c1cc(Cl)c(C)[nH]1. The number of nitrogens with zero attached hydrogens (tertiary/aromatic N) is 3. The van der Waals surface area contributed by atoms with Crippen molar-refractivity contribution in [1.29, 1.82) is 0 Å². The molecule has 4 heterocycles. The molecule has 11 heteroatoms. The zero-order chi connectivity index (χ0) is 26.5. The van der Waals surface area contributed by atoms with Gasteiger partial charge in [-0.05, 0) is 50.8 Å². The molecule has 1 fully saturated rings. The number of aromatic amines is 1. The largest absolute Gasteiger partial charge is 0.462 e. The first-order valence-electron chi connectivity index (χ1n) is 12.4. The van der Waals surface area contributed by atoms with Gasteiger partial charge >= 0.3 is 5.97 Å². The van der Waals surface area contributed by atoms with Gasteiger partial charge < -0.3 is 19.4 Å². The minimum absolute atomic E-state index is 0.00669. The van der Waals surface area contributed by atoms with Crippen LogP contribution in [0.15, 0.2) is 24.4 Å². The van der Waals surface area contributed by atoms with Crippen LogP contribution in [0, 0.1) is 18.7 Å². The minimum Gasteiger partial charge on any atom is -0.462 e. The number of ketones is 1. The first-order valence-corrected chi connectivity index (χ1v) is 13.5. The molecule has 1 aliphatic heterocycles. The van der Waals surface area contributed by atoms with Gasteiger partial charge in [0.2, 0.25) is 0 Å². The fourth-order valence-corrected chi connectivity index (χ4v) is 5.51. The maximum absolute atomic E-state index is 14.6. The van der Waals surface area contributed by atoms with Crippen LogP contribution in [0.5, 0.6) is 0 Å². The van der Waals surface area contributed by atoms with Crippen molar-refractivity contribution < 1.29 is 23.5 Å². The maximum Gasteiger partial charge on any atom is 0.350 e. The van der Waals surface area contributed by atoms with Crippen molar-refractivity contribution in [2.45, 2.75) is 46.1 Å².